The molecular formula is C19H18N2O5S. The standard InChI is InChI=1S/C19H18N2O5S/c1-14-6-8-17(21(22)23)13-19(14)27(24,25)20-10-11-26-18-9-7-15-4-2-3-5-16(15)12-18/h2-9,12-13,20H,10-11H2,1H3. The van der Waals surface area contributed by atoms with Crippen molar-refractivity contribution in [2.24, 2.45) is 0 Å². The first kappa shape index (κ1) is 18.8. The molecule has 140 valence electrons. The summed E-state index contributed by atoms with van der Waals surface area (Å²) in [6, 6.07) is 17.2. The van der Waals surface area contributed by atoms with Gasteiger partial charge < -0.3 is 4.74 Å². The fraction of sp³-hybridized carbons (Fsp3) is 0.158. The lowest BCUT2D eigenvalue weighted by atomic mass is 10.1. The Bertz CT molecular complexity index is 1100. The van der Waals surface area contributed by atoms with Gasteiger partial charge in [-0.25, -0.2) is 13.1 Å². The lowest BCUT2D eigenvalue weighted by Crippen LogP contribution is -2.28. The molecule has 27 heavy (non-hydrogen) atoms. The Labute approximate surface area is 156 Å². The van der Waals surface area contributed by atoms with Crippen molar-refractivity contribution < 1.29 is 18.1 Å². The second kappa shape index (κ2) is 7.73. The molecule has 0 aromatic heterocycles. The minimum absolute atomic E-state index is 0.0390. The minimum atomic E-state index is -3.87. The third-order valence-corrected chi connectivity index (χ3v) is 5.66. The number of hydrogen-bond donors (Lipinski definition) is 1. The van der Waals surface area contributed by atoms with Crippen LogP contribution in [0.1, 0.15) is 5.56 Å². The summed E-state index contributed by atoms with van der Waals surface area (Å²) >= 11 is 0. The van der Waals surface area contributed by atoms with E-state index in [1.54, 1.807) is 6.92 Å². The Kier molecular flexibility index (Phi) is 5.38. The van der Waals surface area contributed by atoms with E-state index >= 15 is 0 Å². The second-order valence-electron chi connectivity index (χ2n) is 5.96. The quantitative estimate of drug-likeness (QED) is 0.381. The monoisotopic (exact) mass is 386 g/mol. The number of fused-ring (bicyclic) bond motifs is 1. The molecule has 3 rings (SSSR count). The predicted octanol–water partition coefficient (Wildman–Crippen LogP) is 3.41. The van der Waals surface area contributed by atoms with Gasteiger partial charge in [-0.15, -0.1) is 0 Å². The van der Waals surface area contributed by atoms with Gasteiger partial charge in [-0.3, -0.25) is 10.1 Å². The summed E-state index contributed by atoms with van der Waals surface area (Å²) in [7, 11) is -3.87. The number of nitro benzene ring substituents is 1. The number of nitro groups is 1. The molecule has 3 aromatic carbocycles. The molecule has 3 aromatic rings. The molecule has 0 aliphatic carbocycles. The van der Waals surface area contributed by atoms with E-state index in [1.807, 2.05) is 42.5 Å². The summed E-state index contributed by atoms with van der Waals surface area (Å²) in [5.74, 6) is 0.638. The van der Waals surface area contributed by atoms with Crippen LogP contribution in [0.3, 0.4) is 0 Å². The van der Waals surface area contributed by atoms with Crippen LogP contribution in [0.15, 0.2) is 65.6 Å². The van der Waals surface area contributed by atoms with Crippen LogP contribution in [-0.2, 0) is 10.0 Å². The number of nitrogens with zero attached hydrogens (tertiary/aromatic N) is 1. The number of sulfonamides is 1. The number of aryl methyl sites for hydroxylation is 1. The van der Waals surface area contributed by atoms with Crippen LogP contribution in [0.4, 0.5) is 5.69 Å². The zero-order valence-electron chi connectivity index (χ0n) is 14.6. The molecule has 0 heterocycles. The molecule has 0 bridgehead atoms. The molecule has 0 saturated heterocycles. The van der Waals surface area contributed by atoms with Gasteiger partial charge in [-0.2, -0.15) is 0 Å². The van der Waals surface area contributed by atoms with E-state index in [9.17, 15) is 18.5 Å². The van der Waals surface area contributed by atoms with E-state index in [0.717, 1.165) is 16.8 Å². The van der Waals surface area contributed by atoms with Gasteiger partial charge in [-0.1, -0.05) is 36.4 Å². The van der Waals surface area contributed by atoms with Gasteiger partial charge in [0, 0.05) is 18.7 Å². The second-order valence-corrected chi connectivity index (χ2v) is 7.70. The first-order valence-electron chi connectivity index (χ1n) is 8.23. The van der Waals surface area contributed by atoms with Gasteiger partial charge in [0.05, 0.1) is 9.82 Å². The first-order valence-corrected chi connectivity index (χ1v) is 9.71. The van der Waals surface area contributed by atoms with Crippen molar-refractivity contribution in [3.8, 4) is 5.75 Å². The lowest BCUT2D eigenvalue weighted by Gasteiger charge is -2.11. The Balaban J connectivity index is 1.63. The fourth-order valence-electron chi connectivity index (χ4n) is 2.67. The highest BCUT2D eigenvalue weighted by atomic mass is 32.2. The van der Waals surface area contributed by atoms with Crippen molar-refractivity contribution in [3.63, 3.8) is 0 Å². The van der Waals surface area contributed by atoms with Gasteiger partial charge in [0.1, 0.15) is 12.4 Å². The summed E-state index contributed by atoms with van der Waals surface area (Å²) in [6.07, 6.45) is 0. The third kappa shape index (κ3) is 4.42. The van der Waals surface area contributed by atoms with Crippen LogP contribution in [0.25, 0.3) is 10.8 Å². The summed E-state index contributed by atoms with van der Waals surface area (Å²) in [6.45, 7) is 1.76. The molecule has 0 spiro atoms. The fourth-order valence-corrected chi connectivity index (χ4v) is 3.95. The van der Waals surface area contributed by atoms with Gasteiger partial charge >= 0.3 is 0 Å². The highest BCUT2D eigenvalue weighted by Crippen LogP contribution is 2.22. The van der Waals surface area contributed by atoms with E-state index in [1.165, 1.54) is 12.1 Å². The summed E-state index contributed by atoms with van der Waals surface area (Å²) in [4.78, 5) is 10.1. The topological polar surface area (TPSA) is 98.5 Å². The van der Waals surface area contributed by atoms with E-state index in [4.69, 9.17) is 4.74 Å². The largest absolute Gasteiger partial charge is 0.492 e. The van der Waals surface area contributed by atoms with Crippen molar-refractivity contribution in [1.82, 2.24) is 4.72 Å². The third-order valence-electron chi connectivity index (χ3n) is 4.06. The number of non-ortho nitro benzene ring substituents is 1. The molecule has 7 nitrogen and oxygen atoms in total. The van der Waals surface area contributed by atoms with Gasteiger partial charge in [0.25, 0.3) is 5.69 Å². The summed E-state index contributed by atoms with van der Waals surface area (Å²) < 4.78 is 32.9. The zero-order valence-corrected chi connectivity index (χ0v) is 15.4. The summed E-state index contributed by atoms with van der Waals surface area (Å²) in [5, 5.41) is 13.0. The van der Waals surface area contributed by atoms with E-state index < -0.39 is 14.9 Å². The lowest BCUT2D eigenvalue weighted by molar-refractivity contribution is -0.385. The Morgan fingerprint density at radius 2 is 1.78 bits per heavy atom. The minimum Gasteiger partial charge on any atom is -0.492 e. The number of benzene rings is 3. The average Bonchev–Trinajstić information content (AvgIpc) is 2.65. The normalized spacial score (nSPS) is 11.4. The molecule has 8 heteroatoms. The zero-order chi connectivity index (χ0) is 19.4. The van der Waals surface area contributed by atoms with Crippen molar-refractivity contribution in [1.29, 1.82) is 0 Å². The molecule has 0 fully saturated rings. The van der Waals surface area contributed by atoms with E-state index in [-0.39, 0.29) is 23.7 Å². The Morgan fingerprint density at radius 3 is 2.52 bits per heavy atom. The molecule has 0 unspecified atom stereocenters. The van der Waals surface area contributed by atoms with Gasteiger partial charge in [0.2, 0.25) is 10.0 Å². The molecule has 0 amide bonds. The SMILES string of the molecule is Cc1ccc([N+](=O)[O-])cc1S(=O)(=O)NCCOc1ccc2ccccc2c1. The smallest absolute Gasteiger partial charge is 0.270 e. The Hall–Kier alpha value is -2.97. The van der Waals surface area contributed by atoms with Crippen molar-refractivity contribution >= 4 is 26.5 Å². The summed E-state index contributed by atoms with van der Waals surface area (Å²) in [5.41, 5.74) is 0.164. The molecule has 0 aliphatic heterocycles. The van der Waals surface area contributed by atoms with Crippen LogP contribution in [0.5, 0.6) is 5.75 Å². The number of ether oxygens (including phenoxy) is 1. The van der Waals surface area contributed by atoms with Crippen LogP contribution in [0, 0.1) is 17.0 Å². The van der Waals surface area contributed by atoms with Crippen molar-refractivity contribution in [2.45, 2.75) is 11.8 Å². The van der Waals surface area contributed by atoms with Crippen LogP contribution < -0.4 is 9.46 Å². The Morgan fingerprint density at radius 1 is 1.04 bits per heavy atom. The predicted molar refractivity (Wildman–Crippen MR) is 102 cm³/mol. The number of rotatable bonds is 7. The van der Waals surface area contributed by atoms with Crippen molar-refractivity contribution in [3.05, 3.63) is 76.3 Å². The molecule has 0 radical (unpaired) electrons. The van der Waals surface area contributed by atoms with Crippen molar-refractivity contribution in [2.75, 3.05) is 13.2 Å². The molecular weight excluding hydrogens is 368 g/mol. The van der Waals surface area contributed by atoms with Crippen LogP contribution in [-0.4, -0.2) is 26.5 Å². The molecule has 0 saturated carbocycles. The molecule has 0 aliphatic rings. The average molecular weight is 386 g/mol. The highest BCUT2D eigenvalue weighted by Gasteiger charge is 2.20. The highest BCUT2D eigenvalue weighted by molar-refractivity contribution is 7.89. The molecule has 0 atom stereocenters. The molecule has 1 N–H and O–H groups in total. The maximum atomic E-state index is 12.4. The van der Waals surface area contributed by atoms with Crippen LogP contribution >= 0.6 is 0 Å². The van der Waals surface area contributed by atoms with Gasteiger partial charge in [0.15, 0.2) is 0 Å². The maximum absolute atomic E-state index is 12.4. The first-order chi connectivity index (χ1) is 12.9. The maximum Gasteiger partial charge on any atom is 0.270 e. The van der Waals surface area contributed by atoms with Gasteiger partial charge in [-0.05, 0) is 35.4 Å². The van der Waals surface area contributed by atoms with Crippen LogP contribution in [0.2, 0.25) is 0 Å². The number of nitrogens with one attached hydrogen (secondary N) is 1. The van der Waals surface area contributed by atoms with E-state index in [2.05, 4.69) is 4.72 Å². The van der Waals surface area contributed by atoms with E-state index in [0.29, 0.717) is 11.3 Å². The number of hydrogen-bond acceptors (Lipinski definition) is 5.